The van der Waals surface area contributed by atoms with Crippen LogP contribution >= 0.6 is 0 Å². The topological polar surface area (TPSA) is 75.6 Å². The summed E-state index contributed by atoms with van der Waals surface area (Å²) in [5.41, 5.74) is 0. The molecule has 0 aromatic carbocycles. The SMILES string of the molecule is CC(C)C[C@H](NC(=O)CCC1CCC(C)O1)C(=O)O. The molecule has 110 valence electrons. The molecule has 1 aliphatic heterocycles. The van der Waals surface area contributed by atoms with Crippen LogP contribution in [0.5, 0.6) is 0 Å². The summed E-state index contributed by atoms with van der Waals surface area (Å²) in [5, 5.41) is 11.6. The molecule has 1 heterocycles. The van der Waals surface area contributed by atoms with E-state index in [1.807, 2.05) is 20.8 Å². The molecule has 0 radical (unpaired) electrons. The van der Waals surface area contributed by atoms with E-state index in [-0.39, 0.29) is 24.0 Å². The van der Waals surface area contributed by atoms with Crippen molar-refractivity contribution in [2.45, 2.75) is 71.1 Å². The Morgan fingerprint density at radius 3 is 2.53 bits per heavy atom. The number of nitrogens with one attached hydrogen (secondary N) is 1. The molecule has 0 aliphatic carbocycles. The van der Waals surface area contributed by atoms with Gasteiger partial charge in [0.1, 0.15) is 6.04 Å². The van der Waals surface area contributed by atoms with Crippen molar-refractivity contribution in [1.29, 1.82) is 0 Å². The lowest BCUT2D eigenvalue weighted by atomic mass is 10.0. The van der Waals surface area contributed by atoms with E-state index in [2.05, 4.69) is 5.32 Å². The average Bonchev–Trinajstić information content (AvgIpc) is 2.71. The van der Waals surface area contributed by atoms with Gasteiger partial charge < -0.3 is 15.2 Å². The third-order valence-corrected chi connectivity index (χ3v) is 3.35. The van der Waals surface area contributed by atoms with E-state index in [1.54, 1.807) is 0 Å². The van der Waals surface area contributed by atoms with E-state index in [0.29, 0.717) is 19.3 Å². The highest BCUT2D eigenvalue weighted by atomic mass is 16.5. The van der Waals surface area contributed by atoms with Gasteiger partial charge in [0.05, 0.1) is 12.2 Å². The monoisotopic (exact) mass is 271 g/mol. The third-order valence-electron chi connectivity index (χ3n) is 3.35. The maximum atomic E-state index is 11.7. The van der Waals surface area contributed by atoms with Crippen LogP contribution in [0.25, 0.3) is 0 Å². The van der Waals surface area contributed by atoms with E-state index in [4.69, 9.17) is 9.84 Å². The second kappa shape index (κ2) is 7.48. The maximum absolute atomic E-state index is 11.7. The van der Waals surface area contributed by atoms with Crippen LogP contribution < -0.4 is 5.32 Å². The normalized spacial score (nSPS) is 24.4. The first kappa shape index (κ1) is 16.0. The molecule has 1 fully saturated rings. The number of hydrogen-bond donors (Lipinski definition) is 2. The van der Waals surface area contributed by atoms with E-state index in [0.717, 1.165) is 12.8 Å². The Labute approximate surface area is 114 Å². The Morgan fingerprint density at radius 2 is 2.05 bits per heavy atom. The van der Waals surface area contributed by atoms with Crippen LogP contribution in [0.3, 0.4) is 0 Å². The van der Waals surface area contributed by atoms with Crippen LogP contribution in [0.15, 0.2) is 0 Å². The molecule has 1 amide bonds. The van der Waals surface area contributed by atoms with E-state index in [9.17, 15) is 9.59 Å². The van der Waals surface area contributed by atoms with Crippen LogP contribution in [-0.2, 0) is 14.3 Å². The van der Waals surface area contributed by atoms with Crippen LogP contribution in [0.1, 0.15) is 52.9 Å². The number of carbonyl (C=O) groups excluding carboxylic acids is 1. The molecule has 0 spiro atoms. The summed E-state index contributed by atoms with van der Waals surface area (Å²) in [4.78, 5) is 22.8. The molecule has 0 aromatic heterocycles. The van der Waals surface area contributed by atoms with Gasteiger partial charge in [-0.05, 0) is 38.5 Å². The van der Waals surface area contributed by atoms with Crippen molar-refractivity contribution < 1.29 is 19.4 Å². The molecule has 1 saturated heterocycles. The molecule has 1 aliphatic rings. The zero-order chi connectivity index (χ0) is 14.4. The molecule has 2 unspecified atom stereocenters. The van der Waals surface area contributed by atoms with Crippen molar-refractivity contribution in [3.8, 4) is 0 Å². The van der Waals surface area contributed by atoms with Gasteiger partial charge in [0.25, 0.3) is 0 Å². The van der Waals surface area contributed by atoms with Crippen molar-refractivity contribution in [3.63, 3.8) is 0 Å². The number of carbonyl (C=O) groups is 2. The minimum absolute atomic E-state index is 0.147. The van der Waals surface area contributed by atoms with E-state index < -0.39 is 12.0 Å². The first-order valence-electron chi connectivity index (χ1n) is 7.06. The van der Waals surface area contributed by atoms with Gasteiger partial charge in [-0.3, -0.25) is 4.79 Å². The van der Waals surface area contributed by atoms with Crippen molar-refractivity contribution in [1.82, 2.24) is 5.32 Å². The third kappa shape index (κ3) is 6.05. The van der Waals surface area contributed by atoms with Crippen LogP contribution in [-0.4, -0.2) is 35.2 Å². The number of amides is 1. The Morgan fingerprint density at radius 1 is 1.37 bits per heavy atom. The number of carboxylic acid groups (broad SMARTS) is 1. The predicted molar refractivity (Wildman–Crippen MR) is 71.8 cm³/mol. The molecular weight excluding hydrogens is 246 g/mol. The number of rotatable bonds is 7. The lowest BCUT2D eigenvalue weighted by Crippen LogP contribution is -2.41. The smallest absolute Gasteiger partial charge is 0.326 e. The van der Waals surface area contributed by atoms with Gasteiger partial charge in [-0.15, -0.1) is 0 Å². The van der Waals surface area contributed by atoms with Crippen molar-refractivity contribution >= 4 is 11.9 Å². The molecule has 0 bridgehead atoms. The second-order valence-corrected chi connectivity index (χ2v) is 5.77. The molecule has 5 heteroatoms. The Hall–Kier alpha value is -1.10. The van der Waals surface area contributed by atoms with Gasteiger partial charge in [0.2, 0.25) is 5.91 Å². The fourth-order valence-electron chi connectivity index (χ4n) is 2.35. The number of ether oxygens (including phenoxy) is 1. The number of aliphatic carboxylic acids is 1. The minimum atomic E-state index is -0.965. The van der Waals surface area contributed by atoms with Crippen molar-refractivity contribution in [3.05, 3.63) is 0 Å². The number of carboxylic acids is 1. The first-order valence-corrected chi connectivity index (χ1v) is 7.06. The van der Waals surface area contributed by atoms with Gasteiger partial charge in [0.15, 0.2) is 0 Å². The van der Waals surface area contributed by atoms with Gasteiger partial charge in [-0.25, -0.2) is 4.79 Å². The molecule has 0 saturated carbocycles. The quantitative estimate of drug-likeness (QED) is 0.742. The molecule has 19 heavy (non-hydrogen) atoms. The molecule has 2 N–H and O–H groups in total. The minimum Gasteiger partial charge on any atom is -0.480 e. The fraction of sp³-hybridized carbons (Fsp3) is 0.857. The Balaban J connectivity index is 2.30. The molecule has 0 aromatic rings. The van der Waals surface area contributed by atoms with Crippen LogP contribution in [0.2, 0.25) is 0 Å². The van der Waals surface area contributed by atoms with E-state index >= 15 is 0 Å². The fourth-order valence-corrected chi connectivity index (χ4v) is 2.35. The predicted octanol–water partition coefficient (Wildman–Crippen LogP) is 1.95. The largest absolute Gasteiger partial charge is 0.480 e. The lowest BCUT2D eigenvalue weighted by molar-refractivity contribution is -0.142. The summed E-state index contributed by atoms with van der Waals surface area (Å²) < 4.78 is 5.63. The highest BCUT2D eigenvalue weighted by Crippen LogP contribution is 2.22. The standard InChI is InChI=1S/C14H25NO4/c1-9(2)8-12(14(17)18)15-13(16)7-6-11-5-4-10(3)19-11/h9-12H,4-8H2,1-3H3,(H,15,16)(H,17,18)/t10?,11?,12-/m0/s1. The summed E-state index contributed by atoms with van der Waals surface area (Å²) in [6, 6.07) is -0.782. The van der Waals surface area contributed by atoms with E-state index in [1.165, 1.54) is 0 Å². The highest BCUT2D eigenvalue weighted by molar-refractivity contribution is 5.83. The van der Waals surface area contributed by atoms with Crippen LogP contribution in [0.4, 0.5) is 0 Å². The van der Waals surface area contributed by atoms with Crippen molar-refractivity contribution in [2.24, 2.45) is 5.92 Å². The highest BCUT2D eigenvalue weighted by Gasteiger charge is 2.24. The second-order valence-electron chi connectivity index (χ2n) is 5.77. The summed E-state index contributed by atoms with van der Waals surface area (Å²) in [6.45, 7) is 5.91. The van der Waals surface area contributed by atoms with Gasteiger partial charge in [-0.2, -0.15) is 0 Å². The number of hydrogen-bond acceptors (Lipinski definition) is 3. The molecule has 1 rings (SSSR count). The Kier molecular flexibility index (Phi) is 6.28. The zero-order valence-corrected chi connectivity index (χ0v) is 12.0. The Bertz CT molecular complexity index is 317. The molecule has 5 nitrogen and oxygen atoms in total. The van der Waals surface area contributed by atoms with Gasteiger partial charge >= 0.3 is 5.97 Å². The lowest BCUT2D eigenvalue weighted by Gasteiger charge is -2.17. The summed E-state index contributed by atoms with van der Waals surface area (Å²) in [7, 11) is 0. The summed E-state index contributed by atoms with van der Waals surface area (Å²) in [6.07, 6.45) is 3.91. The summed E-state index contributed by atoms with van der Waals surface area (Å²) in [5.74, 6) is -0.926. The van der Waals surface area contributed by atoms with Crippen LogP contribution in [0, 0.1) is 5.92 Å². The van der Waals surface area contributed by atoms with Crippen molar-refractivity contribution in [2.75, 3.05) is 0 Å². The van der Waals surface area contributed by atoms with Gasteiger partial charge in [-0.1, -0.05) is 13.8 Å². The molecular formula is C14H25NO4. The zero-order valence-electron chi connectivity index (χ0n) is 12.0. The maximum Gasteiger partial charge on any atom is 0.326 e. The summed E-state index contributed by atoms with van der Waals surface area (Å²) >= 11 is 0. The van der Waals surface area contributed by atoms with Gasteiger partial charge in [0, 0.05) is 6.42 Å². The average molecular weight is 271 g/mol. The molecule has 3 atom stereocenters. The first-order chi connectivity index (χ1) is 8.88.